The number of hydrogen-bond donors (Lipinski definition) is 1. The summed E-state index contributed by atoms with van der Waals surface area (Å²) in [6, 6.07) is 22.7. The minimum Gasteiger partial charge on any atom is -0.497 e. The van der Waals surface area contributed by atoms with Crippen molar-refractivity contribution in [3.8, 4) is 17.6 Å². The third kappa shape index (κ3) is 5.52. The lowest BCUT2D eigenvalue weighted by atomic mass is 10.0. The Labute approximate surface area is 193 Å². The number of carbonyl (C=O) groups excluding carboxylic acids is 2. The molecule has 0 saturated carbocycles. The van der Waals surface area contributed by atoms with Gasteiger partial charge >= 0.3 is 6.09 Å². The van der Waals surface area contributed by atoms with Crippen molar-refractivity contribution in [1.82, 2.24) is 5.32 Å². The second kappa shape index (κ2) is 10.4. The largest absolute Gasteiger partial charge is 0.497 e. The van der Waals surface area contributed by atoms with Crippen molar-refractivity contribution in [2.24, 2.45) is 0 Å². The molecular formula is C27H24N2O4. The summed E-state index contributed by atoms with van der Waals surface area (Å²) in [7, 11) is 1.60. The van der Waals surface area contributed by atoms with Crippen LogP contribution in [0.25, 0.3) is 0 Å². The van der Waals surface area contributed by atoms with Gasteiger partial charge in [-0.05, 0) is 41.5 Å². The van der Waals surface area contributed by atoms with Gasteiger partial charge < -0.3 is 19.7 Å². The standard InChI is InChI=1S/C27H24N2O4/c1-32-24-14-10-20(11-15-24)19-33-27(31)28-17-16-26(30)29-18-23-8-3-2-6-21(23)12-13-22-7-4-5-9-25(22)29/h2-11,14-15H,16-19H2,1H3,(H,28,31). The van der Waals surface area contributed by atoms with E-state index in [1.165, 1.54) is 0 Å². The topological polar surface area (TPSA) is 67.9 Å². The minimum atomic E-state index is -0.567. The molecule has 0 saturated heterocycles. The molecule has 0 fully saturated rings. The molecule has 166 valence electrons. The number of anilines is 1. The number of ether oxygens (including phenoxy) is 2. The second-order valence-electron chi connectivity index (χ2n) is 7.51. The highest BCUT2D eigenvalue weighted by atomic mass is 16.5. The number of methoxy groups -OCH3 is 1. The van der Waals surface area contributed by atoms with E-state index in [0.717, 1.165) is 33.7 Å². The monoisotopic (exact) mass is 440 g/mol. The van der Waals surface area contributed by atoms with E-state index in [0.29, 0.717) is 6.54 Å². The van der Waals surface area contributed by atoms with E-state index in [9.17, 15) is 9.59 Å². The van der Waals surface area contributed by atoms with E-state index < -0.39 is 6.09 Å². The Balaban J connectivity index is 1.36. The van der Waals surface area contributed by atoms with Crippen LogP contribution in [0.5, 0.6) is 5.75 Å². The van der Waals surface area contributed by atoms with Gasteiger partial charge in [-0.15, -0.1) is 0 Å². The fourth-order valence-electron chi connectivity index (χ4n) is 3.54. The first kappa shape index (κ1) is 22.0. The van der Waals surface area contributed by atoms with E-state index >= 15 is 0 Å². The lowest BCUT2D eigenvalue weighted by Crippen LogP contribution is -2.35. The van der Waals surface area contributed by atoms with Crippen LogP contribution in [-0.4, -0.2) is 25.7 Å². The summed E-state index contributed by atoms with van der Waals surface area (Å²) >= 11 is 0. The van der Waals surface area contributed by atoms with Gasteiger partial charge in [0.15, 0.2) is 0 Å². The smallest absolute Gasteiger partial charge is 0.407 e. The number of nitrogens with zero attached hydrogens (tertiary/aromatic N) is 1. The minimum absolute atomic E-state index is 0.101. The summed E-state index contributed by atoms with van der Waals surface area (Å²) in [5.74, 6) is 7.02. The SMILES string of the molecule is COc1ccc(COC(=O)NCCC(=O)N2Cc3ccccc3C#Cc3ccccc32)cc1. The van der Waals surface area contributed by atoms with Gasteiger partial charge in [0.05, 0.1) is 19.3 Å². The first-order valence-corrected chi connectivity index (χ1v) is 10.7. The predicted molar refractivity (Wildman–Crippen MR) is 126 cm³/mol. The molecule has 0 bridgehead atoms. The number of hydrogen-bond acceptors (Lipinski definition) is 4. The average Bonchev–Trinajstić information content (AvgIpc) is 2.84. The number of fused-ring (bicyclic) bond motifs is 2. The maximum atomic E-state index is 13.1. The second-order valence-corrected chi connectivity index (χ2v) is 7.51. The van der Waals surface area contributed by atoms with Crippen LogP contribution in [0.3, 0.4) is 0 Å². The zero-order valence-corrected chi connectivity index (χ0v) is 18.3. The molecule has 3 aromatic carbocycles. The molecule has 3 aromatic rings. The molecule has 0 atom stereocenters. The number of rotatable bonds is 6. The molecule has 1 aliphatic heterocycles. The third-order valence-corrected chi connectivity index (χ3v) is 5.31. The molecule has 1 aliphatic rings. The molecule has 1 heterocycles. The zero-order valence-electron chi connectivity index (χ0n) is 18.3. The Bertz CT molecular complexity index is 1210. The molecule has 0 unspecified atom stereocenters. The fourth-order valence-corrected chi connectivity index (χ4v) is 3.54. The van der Waals surface area contributed by atoms with Gasteiger partial charge in [-0.1, -0.05) is 54.3 Å². The summed E-state index contributed by atoms with van der Waals surface area (Å²) in [6.45, 7) is 0.730. The highest BCUT2D eigenvalue weighted by Crippen LogP contribution is 2.25. The Morgan fingerprint density at radius 3 is 2.42 bits per heavy atom. The number of nitrogens with one attached hydrogen (secondary N) is 1. The molecular weight excluding hydrogens is 416 g/mol. The average molecular weight is 440 g/mol. The van der Waals surface area contributed by atoms with Gasteiger partial charge in [0.25, 0.3) is 0 Å². The van der Waals surface area contributed by atoms with Crippen LogP contribution in [0.4, 0.5) is 10.5 Å². The first-order valence-electron chi connectivity index (χ1n) is 10.7. The van der Waals surface area contributed by atoms with Gasteiger partial charge in [-0.25, -0.2) is 4.79 Å². The van der Waals surface area contributed by atoms with Gasteiger partial charge in [0, 0.05) is 24.1 Å². The van der Waals surface area contributed by atoms with Crippen molar-refractivity contribution in [1.29, 1.82) is 0 Å². The van der Waals surface area contributed by atoms with Crippen LogP contribution in [0.2, 0.25) is 0 Å². The highest BCUT2D eigenvalue weighted by Gasteiger charge is 2.21. The van der Waals surface area contributed by atoms with Crippen molar-refractivity contribution in [2.75, 3.05) is 18.6 Å². The quantitative estimate of drug-likeness (QED) is 0.582. The predicted octanol–water partition coefficient (Wildman–Crippen LogP) is 4.26. The van der Waals surface area contributed by atoms with Crippen molar-refractivity contribution in [3.05, 3.63) is 95.1 Å². The molecule has 4 rings (SSSR count). The van der Waals surface area contributed by atoms with Crippen LogP contribution < -0.4 is 15.0 Å². The lowest BCUT2D eigenvalue weighted by Gasteiger charge is -2.26. The van der Waals surface area contributed by atoms with Crippen LogP contribution in [0.1, 0.15) is 28.7 Å². The van der Waals surface area contributed by atoms with Crippen LogP contribution >= 0.6 is 0 Å². The van der Waals surface area contributed by atoms with Crippen molar-refractivity contribution in [3.63, 3.8) is 0 Å². The van der Waals surface area contributed by atoms with E-state index in [-0.39, 0.29) is 25.5 Å². The molecule has 0 aromatic heterocycles. The van der Waals surface area contributed by atoms with Crippen molar-refractivity contribution >= 4 is 17.7 Å². The maximum Gasteiger partial charge on any atom is 0.407 e. The summed E-state index contributed by atoms with van der Waals surface area (Å²) in [5, 5.41) is 2.66. The van der Waals surface area contributed by atoms with Crippen LogP contribution in [-0.2, 0) is 22.7 Å². The molecule has 1 N–H and O–H groups in total. The Kier molecular flexibility index (Phi) is 6.91. The molecule has 6 heteroatoms. The van der Waals surface area contributed by atoms with E-state index in [4.69, 9.17) is 9.47 Å². The van der Waals surface area contributed by atoms with Crippen LogP contribution in [0.15, 0.2) is 72.8 Å². The highest BCUT2D eigenvalue weighted by molar-refractivity contribution is 5.95. The fraction of sp³-hybridized carbons (Fsp3) is 0.185. The number of amides is 2. The molecule has 0 spiro atoms. The van der Waals surface area contributed by atoms with Crippen molar-refractivity contribution < 1.29 is 19.1 Å². The molecule has 2 amide bonds. The number of para-hydroxylation sites is 1. The van der Waals surface area contributed by atoms with Gasteiger partial charge in [-0.3, -0.25) is 4.79 Å². The van der Waals surface area contributed by atoms with Crippen molar-refractivity contribution in [2.45, 2.75) is 19.6 Å². The Hall–Kier alpha value is -4.24. The van der Waals surface area contributed by atoms with E-state index in [1.54, 1.807) is 24.1 Å². The summed E-state index contributed by atoms with van der Waals surface area (Å²) in [6.07, 6.45) is -0.426. The number of alkyl carbamates (subject to hydrolysis) is 1. The molecule has 0 aliphatic carbocycles. The molecule has 0 radical (unpaired) electrons. The molecule has 33 heavy (non-hydrogen) atoms. The van der Waals surface area contributed by atoms with Gasteiger partial charge in [0.2, 0.25) is 5.91 Å². The van der Waals surface area contributed by atoms with Crippen LogP contribution in [0, 0.1) is 11.8 Å². The van der Waals surface area contributed by atoms with E-state index in [2.05, 4.69) is 17.2 Å². The first-order chi connectivity index (χ1) is 16.1. The summed E-state index contributed by atoms with van der Waals surface area (Å²) < 4.78 is 10.3. The Morgan fingerprint density at radius 2 is 1.64 bits per heavy atom. The summed E-state index contributed by atoms with van der Waals surface area (Å²) in [4.78, 5) is 26.9. The summed E-state index contributed by atoms with van der Waals surface area (Å²) in [5.41, 5.74) is 4.31. The third-order valence-electron chi connectivity index (χ3n) is 5.31. The number of carbonyl (C=O) groups is 2. The normalized spacial score (nSPS) is 11.6. The number of benzene rings is 3. The zero-order chi connectivity index (χ0) is 23.0. The van der Waals surface area contributed by atoms with E-state index in [1.807, 2.05) is 60.7 Å². The lowest BCUT2D eigenvalue weighted by molar-refractivity contribution is -0.118. The maximum absolute atomic E-state index is 13.1. The molecule has 6 nitrogen and oxygen atoms in total. The Morgan fingerprint density at radius 1 is 0.939 bits per heavy atom. The van der Waals surface area contributed by atoms with Gasteiger partial charge in [0.1, 0.15) is 12.4 Å². The van der Waals surface area contributed by atoms with Gasteiger partial charge in [-0.2, -0.15) is 0 Å².